The second kappa shape index (κ2) is 4.88. The van der Waals surface area contributed by atoms with E-state index < -0.39 is 21.0 Å². The fraction of sp³-hybridized carbons (Fsp3) is 0. The lowest BCUT2D eigenvalue weighted by molar-refractivity contribution is 0.106. The summed E-state index contributed by atoms with van der Waals surface area (Å²) in [6.07, 6.45) is 2.11. The molecule has 0 amide bonds. The van der Waals surface area contributed by atoms with Crippen molar-refractivity contribution in [2.45, 2.75) is 0 Å². The van der Waals surface area contributed by atoms with Crippen LogP contribution in [0.15, 0.2) is 43.0 Å². The first kappa shape index (κ1) is 12.1. The lowest BCUT2D eigenvalue weighted by Gasteiger charge is -2.05. The third-order valence-electron chi connectivity index (χ3n) is 1.95. The molecule has 0 saturated carbocycles. The normalized spacial score (nSPS) is 10.9. The van der Waals surface area contributed by atoms with E-state index >= 15 is 0 Å². The summed E-state index contributed by atoms with van der Waals surface area (Å²) in [7, 11) is -4.21. The molecule has 0 unspecified atom stereocenters. The Labute approximate surface area is 103 Å². The number of nitrogens with one attached hydrogen (secondary N) is 1. The van der Waals surface area contributed by atoms with Crippen molar-refractivity contribution >= 4 is 20.8 Å². The zero-order valence-electron chi connectivity index (χ0n) is 9.02. The van der Waals surface area contributed by atoms with E-state index in [1.807, 2.05) is 0 Å². The van der Waals surface area contributed by atoms with E-state index in [4.69, 9.17) is 0 Å². The van der Waals surface area contributed by atoms with Crippen LogP contribution in [-0.2, 0) is 10.0 Å². The summed E-state index contributed by atoms with van der Waals surface area (Å²) in [5, 5.41) is -1.20. The maximum absolute atomic E-state index is 11.7. The number of sulfonamides is 1. The molecular weight excluding hydrogens is 256 g/mol. The lowest BCUT2D eigenvalue weighted by Crippen LogP contribution is -2.24. The van der Waals surface area contributed by atoms with Crippen LogP contribution in [0.1, 0.15) is 10.6 Å². The van der Waals surface area contributed by atoms with Gasteiger partial charge in [-0.05, 0) is 12.1 Å². The average molecular weight is 264 g/mol. The van der Waals surface area contributed by atoms with Gasteiger partial charge in [0.2, 0.25) is 5.82 Å². The number of benzene rings is 1. The van der Waals surface area contributed by atoms with E-state index in [2.05, 4.69) is 19.7 Å². The number of hydrogen-bond donors (Lipinski definition) is 1. The van der Waals surface area contributed by atoms with E-state index in [1.165, 1.54) is 12.1 Å². The number of anilines is 1. The average Bonchev–Trinajstić information content (AvgIpc) is 2.39. The van der Waals surface area contributed by atoms with Crippen molar-refractivity contribution in [1.82, 2.24) is 15.0 Å². The molecule has 1 aromatic heterocycles. The van der Waals surface area contributed by atoms with Gasteiger partial charge in [0.25, 0.3) is 0 Å². The first-order chi connectivity index (χ1) is 8.59. The highest BCUT2D eigenvalue weighted by atomic mass is 32.2. The van der Waals surface area contributed by atoms with Crippen molar-refractivity contribution in [3.63, 3.8) is 0 Å². The van der Waals surface area contributed by atoms with Gasteiger partial charge in [-0.25, -0.2) is 15.0 Å². The first-order valence-electron chi connectivity index (χ1n) is 4.84. The molecule has 7 nitrogen and oxygen atoms in total. The highest BCUT2D eigenvalue weighted by Gasteiger charge is 2.26. The van der Waals surface area contributed by atoms with Gasteiger partial charge < -0.3 is 0 Å². The molecule has 18 heavy (non-hydrogen) atoms. The Morgan fingerprint density at radius 3 is 2.28 bits per heavy atom. The van der Waals surface area contributed by atoms with Gasteiger partial charge in [-0.3, -0.25) is 9.52 Å². The Bertz CT molecular complexity index is 643. The minimum atomic E-state index is -4.21. The van der Waals surface area contributed by atoms with Crippen LogP contribution in [0.25, 0.3) is 0 Å². The van der Waals surface area contributed by atoms with Gasteiger partial charge in [-0.2, -0.15) is 8.42 Å². The number of rotatable bonds is 3. The Morgan fingerprint density at radius 2 is 1.67 bits per heavy atom. The third-order valence-corrected chi connectivity index (χ3v) is 3.12. The molecule has 0 aliphatic heterocycles. The van der Waals surface area contributed by atoms with Crippen LogP contribution in [0.2, 0.25) is 0 Å². The lowest BCUT2D eigenvalue weighted by atomic mass is 10.3. The number of hydrogen-bond acceptors (Lipinski definition) is 6. The van der Waals surface area contributed by atoms with Crippen LogP contribution in [0, 0.1) is 0 Å². The highest BCUT2D eigenvalue weighted by molar-refractivity contribution is 8.07. The summed E-state index contributed by atoms with van der Waals surface area (Å²) < 4.78 is 25.6. The second-order valence-electron chi connectivity index (χ2n) is 3.22. The van der Waals surface area contributed by atoms with E-state index in [0.29, 0.717) is 5.69 Å². The van der Waals surface area contributed by atoms with Crippen LogP contribution in [0.4, 0.5) is 5.69 Å². The molecule has 0 aliphatic rings. The standard InChI is InChI=1S/C10H8N4O3S/c15-10(9-12-6-11-7-13-9)18(16,17)14-8-4-2-1-3-5-8/h1-7,14H. The molecule has 1 N–H and O–H groups in total. The van der Waals surface area contributed by atoms with Crippen molar-refractivity contribution in [2.75, 3.05) is 4.72 Å². The summed E-state index contributed by atoms with van der Waals surface area (Å²) in [6, 6.07) is 8.07. The minimum absolute atomic E-state index is 0.292. The summed E-state index contributed by atoms with van der Waals surface area (Å²) >= 11 is 0. The maximum atomic E-state index is 11.7. The Balaban J connectivity index is 2.25. The van der Waals surface area contributed by atoms with Gasteiger partial charge in [-0.15, -0.1) is 0 Å². The van der Waals surface area contributed by atoms with Gasteiger partial charge in [-0.1, -0.05) is 18.2 Å². The van der Waals surface area contributed by atoms with Crippen molar-refractivity contribution in [3.05, 3.63) is 48.8 Å². The molecular formula is C10H8N4O3S. The van der Waals surface area contributed by atoms with E-state index in [9.17, 15) is 13.2 Å². The molecule has 0 spiro atoms. The van der Waals surface area contributed by atoms with Crippen LogP contribution >= 0.6 is 0 Å². The fourth-order valence-electron chi connectivity index (χ4n) is 1.17. The number of carbonyl (C=O) groups is 1. The predicted molar refractivity (Wildman–Crippen MR) is 63.1 cm³/mol. The largest absolute Gasteiger partial charge is 0.333 e. The van der Waals surface area contributed by atoms with Crippen LogP contribution in [-0.4, -0.2) is 28.5 Å². The molecule has 0 radical (unpaired) electrons. The molecule has 0 aliphatic carbocycles. The smallest absolute Gasteiger partial charge is 0.277 e. The Hall–Kier alpha value is -2.35. The van der Waals surface area contributed by atoms with Crippen molar-refractivity contribution in [2.24, 2.45) is 0 Å². The second-order valence-corrected chi connectivity index (χ2v) is 4.80. The summed E-state index contributed by atoms with van der Waals surface area (Å²) in [5.74, 6) is -0.423. The summed E-state index contributed by atoms with van der Waals surface area (Å²) in [6.45, 7) is 0. The van der Waals surface area contributed by atoms with Crippen molar-refractivity contribution in [1.29, 1.82) is 0 Å². The fourth-order valence-corrected chi connectivity index (χ4v) is 2.06. The van der Waals surface area contributed by atoms with Crippen LogP contribution in [0.3, 0.4) is 0 Å². The van der Waals surface area contributed by atoms with Crippen LogP contribution < -0.4 is 4.72 Å². The maximum Gasteiger partial charge on any atom is 0.333 e. The van der Waals surface area contributed by atoms with E-state index in [0.717, 1.165) is 12.7 Å². The Kier molecular flexibility index (Phi) is 3.28. The van der Waals surface area contributed by atoms with E-state index in [1.54, 1.807) is 18.2 Å². The number of aromatic nitrogens is 3. The summed E-state index contributed by atoms with van der Waals surface area (Å²) in [4.78, 5) is 22.2. The third kappa shape index (κ3) is 2.66. The zero-order chi connectivity index (χ0) is 13.0. The molecule has 92 valence electrons. The van der Waals surface area contributed by atoms with Crippen LogP contribution in [0.5, 0.6) is 0 Å². The molecule has 0 fully saturated rings. The molecule has 2 rings (SSSR count). The molecule has 0 atom stereocenters. The number of nitrogens with zero attached hydrogens (tertiary/aromatic N) is 3. The highest BCUT2D eigenvalue weighted by Crippen LogP contribution is 2.09. The topological polar surface area (TPSA) is 102 Å². The number of carbonyl (C=O) groups excluding carboxylic acids is 1. The first-order valence-corrected chi connectivity index (χ1v) is 6.32. The van der Waals surface area contributed by atoms with Gasteiger partial charge in [0.05, 0.1) is 0 Å². The summed E-state index contributed by atoms with van der Waals surface area (Å²) in [5.41, 5.74) is 0.292. The van der Waals surface area contributed by atoms with Crippen molar-refractivity contribution < 1.29 is 13.2 Å². The van der Waals surface area contributed by atoms with Crippen molar-refractivity contribution in [3.8, 4) is 0 Å². The molecule has 8 heteroatoms. The SMILES string of the molecule is O=C(c1ncncn1)S(=O)(=O)Nc1ccccc1. The Morgan fingerprint density at radius 1 is 1.06 bits per heavy atom. The van der Waals surface area contributed by atoms with Gasteiger partial charge in [0.15, 0.2) is 0 Å². The molecule has 0 bridgehead atoms. The molecule has 1 aromatic carbocycles. The minimum Gasteiger partial charge on any atom is -0.277 e. The monoisotopic (exact) mass is 264 g/mol. The quantitative estimate of drug-likeness (QED) is 0.863. The van der Waals surface area contributed by atoms with Gasteiger partial charge >= 0.3 is 15.1 Å². The molecule has 2 aromatic rings. The van der Waals surface area contributed by atoms with E-state index in [-0.39, 0.29) is 0 Å². The predicted octanol–water partition coefficient (Wildman–Crippen LogP) is 0.454. The molecule has 0 saturated heterocycles. The molecule has 1 heterocycles. The zero-order valence-corrected chi connectivity index (χ0v) is 9.83. The van der Waals surface area contributed by atoms with Gasteiger partial charge in [0, 0.05) is 5.69 Å². The van der Waals surface area contributed by atoms with Gasteiger partial charge in [0.1, 0.15) is 12.7 Å². The number of para-hydroxylation sites is 1.